The lowest BCUT2D eigenvalue weighted by atomic mass is 9.98. The van der Waals surface area contributed by atoms with Gasteiger partial charge in [-0.1, -0.05) is 12.1 Å². The predicted molar refractivity (Wildman–Crippen MR) is 202 cm³/mol. The molecule has 11 nitrogen and oxygen atoms in total. The van der Waals surface area contributed by atoms with Crippen LogP contribution >= 0.6 is 0 Å². The zero-order valence-corrected chi connectivity index (χ0v) is 29.9. The highest BCUT2D eigenvalue weighted by molar-refractivity contribution is 5.83. The fourth-order valence-corrected chi connectivity index (χ4v) is 7.58. The highest BCUT2D eigenvalue weighted by Crippen LogP contribution is 2.31. The van der Waals surface area contributed by atoms with Crippen LogP contribution in [0.5, 0.6) is 0 Å². The van der Waals surface area contributed by atoms with Gasteiger partial charge in [0, 0.05) is 100 Å². The van der Waals surface area contributed by atoms with Gasteiger partial charge in [0.25, 0.3) is 0 Å². The van der Waals surface area contributed by atoms with Gasteiger partial charge in [0.2, 0.25) is 5.95 Å². The predicted octanol–water partition coefficient (Wildman–Crippen LogP) is 5.93. The minimum absolute atomic E-state index is 0.00637. The van der Waals surface area contributed by atoms with Gasteiger partial charge in [-0.2, -0.15) is 0 Å². The first-order valence-electron chi connectivity index (χ1n) is 18.1. The molecule has 2 fully saturated rings. The highest BCUT2D eigenvalue weighted by Gasteiger charge is 2.30. The second-order valence-electron chi connectivity index (χ2n) is 14.3. The van der Waals surface area contributed by atoms with Gasteiger partial charge in [-0.05, 0) is 68.8 Å². The number of piperazine rings is 1. The van der Waals surface area contributed by atoms with Crippen LogP contribution in [0.1, 0.15) is 31.3 Å². The standard InChI is InChI=1S/C39H45F2N11/c1-26(2)52-27(3)45-38-33(40)17-30(18-35(38)52)37-34(41)20-44-39(47-37)46-36-10-5-28(19-43-36)21-48-13-15-49(16-14-48)22-29-23-51(24-29)32-8-6-31(7-9-32)50-12-4-11-42-25-50/h4-10,12,17-20,26,29,42H,11,13-16,21-25H2,1-3H3,(H,43,44,46,47). The summed E-state index contributed by atoms with van der Waals surface area (Å²) in [6, 6.07) is 15.9. The Bertz CT molecular complexity index is 2050. The van der Waals surface area contributed by atoms with Gasteiger partial charge in [-0.25, -0.2) is 28.7 Å². The molecule has 0 radical (unpaired) electrons. The summed E-state index contributed by atoms with van der Waals surface area (Å²) < 4.78 is 32.0. The zero-order chi connectivity index (χ0) is 35.8. The molecule has 2 N–H and O–H groups in total. The molecule has 5 aromatic rings. The Morgan fingerprint density at radius 3 is 2.37 bits per heavy atom. The van der Waals surface area contributed by atoms with E-state index in [0.717, 1.165) is 77.3 Å². The van der Waals surface area contributed by atoms with Crippen LogP contribution in [-0.2, 0) is 6.54 Å². The van der Waals surface area contributed by atoms with E-state index in [1.807, 2.05) is 43.7 Å². The van der Waals surface area contributed by atoms with Crippen molar-refractivity contribution in [3.63, 3.8) is 0 Å². The van der Waals surface area contributed by atoms with Gasteiger partial charge >= 0.3 is 0 Å². The van der Waals surface area contributed by atoms with Crippen molar-refractivity contribution in [1.29, 1.82) is 0 Å². The molecule has 52 heavy (non-hydrogen) atoms. The molecule has 6 heterocycles. The Labute approximate surface area is 303 Å². The summed E-state index contributed by atoms with van der Waals surface area (Å²) in [5, 5.41) is 6.45. The summed E-state index contributed by atoms with van der Waals surface area (Å²) >= 11 is 0. The lowest BCUT2D eigenvalue weighted by molar-refractivity contribution is 0.107. The smallest absolute Gasteiger partial charge is 0.229 e. The normalized spacial score (nSPS) is 17.3. The number of benzene rings is 2. The van der Waals surface area contributed by atoms with Crippen molar-refractivity contribution in [3.8, 4) is 11.3 Å². The molecule has 0 atom stereocenters. The Morgan fingerprint density at radius 2 is 1.65 bits per heavy atom. The summed E-state index contributed by atoms with van der Waals surface area (Å²) in [5.41, 5.74) is 4.82. The Morgan fingerprint density at radius 1 is 0.885 bits per heavy atom. The molecular formula is C39H45F2N11. The molecule has 13 heteroatoms. The number of aryl methyl sites for hydroxylation is 1. The van der Waals surface area contributed by atoms with E-state index in [9.17, 15) is 4.39 Å². The molecule has 0 bridgehead atoms. The monoisotopic (exact) mass is 705 g/mol. The molecule has 0 amide bonds. The van der Waals surface area contributed by atoms with Gasteiger partial charge in [-0.15, -0.1) is 0 Å². The van der Waals surface area contributed by atoms with Crippen molar-refractivity contribution in [2.24, 2.45) is 5.92 Å². The lowest BCUT2D eigenvalue weighted by Gasteiger charge is -2.45. The zero-order valence-electron chi connectivity index (χ0n) is 29.9. The average molecular weight is 706 g/mol. The molecule has 3 aliphatic heterocycles. The largest absolute Gasteiger partial charge is 0.371 e. The van der Waals surface area contributed by atoms with Crippen LogP contribution in [0.3, 0.4) is 0 Å². The third-order valence-corrected chi connectivity index (χ3v) is 10.2. The van der Waals surface area contributed by atoms with Crippen molar-refractivity contribution in [3.05, 3.63) is 96.2 Å². The Kier molecular flexibility index (Phi) is 9.56. The molecule has 0 spiro atoms. The summed E-state index contributed by atoms with van der Waals surface area (Å²) in [6.45, 7) is 16.0. The van der Waals surface area contributed by atoms with Crippen LogP contribution in [0.25, 0.3) is 22.3 Å². The number of anilines is 4. The number of hydrogen-bond acceptors (Lipinski definition) is 10. The van der Waals surface area contributed by atoms with E-state index >= 15 is 4.39 Å². The molecule has 0 saturated carbocycles. The van der Waals surface area contributed by atoms with Gasteiger partial charge < -0.3 is 24.6 Å². The fourth-order valence-electron chi connectivity index (χ4n) is 7.58. The van der Waals surface area contributed by atoms with E-state index in [-0.39, 0.29) is 23.2 Å². The van der Waals surface area contributed by atoms with E-state index < -0.39 is 11.6 Å². The van der Waals surface area contributed by atoms with Crippen molar-refractivity contribution in [2.45, 2.75) is 33.4 Å². The third-order valence-electron chi connectivity index (χ3n) is 10.2. The molecule has 270 valence electrons. The maximum Gasteiger partial charge on any atom is 0.229 e. The van der Waals surface area contributed by atoms with Gasteiger partial charge in [0.05, 0.1) is 18.4 Å². The number of rotatable bonds is 10. The summed E-state index contributed by atoms with van der Waals surface area (Å²) in [6.07, 6.45) is 7.25. The number of nitrogens with zero attached hydrogens (tertiary/aromatic N) is 9. The van der Waals surface area contributed by atoms with Crippen LogP contribution in [0.15, 0.2) is 73.2 Å². The number of aromatic nitrogens is 5. The molecule has 0 aliphatic carbocycles. The quantitative estimate of drug-likeness (QED) is 0.182. The molecule has 8 rings (SSSR count). The number of fused-ring (bicyclic) bond motifs is 1. The fraction of sp³-hybridized carbons (Fsp3) is 0.385. The number of pyridine rings is 1. The van der Waals surface area contributed by atoms with Crippen LogP contribution in [0.2, 0.25) is 0 Å². The molecule has 0 unspecified atom stereocenters. The first kappa shape index (κ1) is 34.1. The average Bonchev–Trinajstić information content (AvgIpc) is 3.49. The number of halogens is 2. The van der Waals surface area contributed by atoms with Crippen LogP contribution in [0, 0.1) is 24.5 Å². The lowest BCUT2D eigenvalue weighted by Crippen LogP contribution is -2.54. The third kappa shape index (κ3) is 7.21. The number of nitrogens with one attached hydrogen (secondary N) is 2. The van der Waals surface area contributed by atoms with Crippen LogP contribution < -0.4 is 20.4 Å². The van der Waals surface area contributed by atoms with Gasteiger partial charge in [-0.3, -0.25) is 10.2 Å². The summed E-state index contributed by atoms with van der Waals surface area (Å²) in [7, 11) is 0. The molecule has 2 aromatic carbocycles. The SMILES string of the molecule is Cc1nc2c(F)cc(-c3nc(Nc4ccc(CN5CCN(CC6CN(c7ccc(N8C=CCNC8)cc7)C6)CC5)cn4)ncc3F)cc2n1C(C)C. The van der Waals surface area contributed by atoms with Crippen LogP contribution in [-0.4, -0.2) is 93.3 Å². The molecule has 3 aliphatic rings. The number of imidazole rings is 1. The number of hydrogen-bond donors (Lipinski definition) is 2. The first-order chi connectivity index (χ1) is 25.3. The minimum Gasteiger partial charge on any atom is -0.371 e. The van der Waals surface area contributed by atoms with Gasteiger partial charge in [0.1, 0.15) is 22.9 Å². The molecule has 3 aromatic heterocycles. The Balaban J connectivity index is 0.814. The van der Waals surface area contributed by atoms with Crippen molar-refractivity contribution in [1.82, 2.24) is 39.6 Å². The van der Waals surface area contributed by atoms with Crippen molar-refractivity contribution in [2.75, 3.05) is 74.1 Å². The maximum absolute atomic E-state index is 15.1. The minimum atomic E-state index is -0.639. The maximum atomic E-state index is 15.1. The summed E-state index contributed by atoms with van der Waals surface area (Å²) in [4.78, 5) is 27.3. The van der Waals surface area contributed by atoms with Crippen molar-refractivity contribution < 1.29 is 8.78 Å². The van der Waals surface area contributed by atoms with E-state index in [1.165, 1.54) is 17.4 Å². The highest BCUT2D eigenvalue weighted by atomic mass is 19.1. The van der Waals surface area contributed by atoms with E-state index in [2.05, 4.69) is 86.7 Å². The second-order valence-corrected chi connectivity index (χ2v) is 14.3. The molecular weight excluding hydrogens is 661 g/mol. The van der Waals surface area contributed by atoms with E-state index in [0.29, 0.717) is 28.6 Å². The van der Waals surface area contributed by atoms with Crippen molar-refractivity contribution >= 4 is 34.2 Å². The van der Waals surface area contributed by atoms with Gasteiger partial charge in [0.15, 0.2) is 11.6 Å². The summed E-state index contributed by atoms with van der Waals surface area (Å²) in [5.74, 6) is 0.963. The van der Waals surface area contributed by atoms with E-state index in [4.69, 9.17) is 0 Å². The second kappa shape index (κ2) is 14.6. The molecule has 2 saturated heterocycles. The Hall–Kier alpha value is -4.98. The van der Waals surface area contributed by atoms with Crippen LogP contribution in [0.4, 0.5) is 31.9 Å². The van der Waals surface area contributed by atoms with E-state index in [1.54, 1.807) is 6.07 Å². The topological polar surface area (TPSA) is 93.5 Å². The first-order valence-corrected chi connectivity index (χ1v) is 18.1.